The van der Waals surface area contributed by atoms with Crippen molar-refractivity contribution in [1.29, 1.82) is 0 Å². The monoisotopic (exact) mass is 284 g/mol. The second-order valence-corrected chi connectivity index (χ2v) is 6.06. The normalized spacial score (nSPS) is 30.7. The number of hydrogen-bond acceptors (Lipinski definition) is 2. The molecule has 3 rings (SSSR count). The molecule has 5 heteroatoms. The zero-order valence-electron chi connectivity index (χ0n) is 11.2. The number of rotatable bonds is 2. The van der Waals surface area contributed by atoms with E-state index >= 15 is 0 Å². The van der Waals surface area contributed by atoms with Crippen molar-refractivity contribution < 1.29 is 13.2 Å². The van der Waals surface area contributed by atoms with Crippen molar-refractivity contribution in [2.24, 2.45) is 17.6 Å². The van der Waals surface area contributed by atoms with Gasteiger partial charge in [-0.05, 0) is 36.3 Å². The average molecular weight is 284 g/mol. The van der Waals surface area contributed by atoms with Crippen molar-refractivity contribution in [2.75, 3.05) is 13.1 Å². The Bertz CT molecular complexity index is 486. The van der Waals surface area contributed by atoms with E-state index in [0.29, 0.717) is 18.4 Å². The molecule has 0 amide bonds. The van der Waals surface area contributed by atoms with Gasteiger partial charge in [0.25, 0.3) is 0 Å². The third-order valence-corrected chi connectivity index (χ3v) is 4.65. The van der Waals surface area contributed by atoms with E-state index in [-0.39, 0.29) is 6.04 Å². The Kier molecular flexibility index (Phi) is 3.50. The van der Waals surface area contributed by atoms with Crippen LogP contribution >= 0.6 is 0 Å². The number of nitrogens with zero attached hydrogens (tertiary/aromatic N) is 1. The number of halogens is 3. The lowest BCUT2D eigenvalue weighted by Gasteiger charge is -2.19. The first-order chi connectivity index (χ1) is 9.43. The van der Waals surface area contributed by atoms with Crippen LogP contribution in [0.5, 0.6) is 0 Å². The van der Waals surface area contributed by atoms with E-state index in [1.54, 1.807) is 6.07 Å². The van der Waals surface area contributed by atoms with Crippen LogP contribution in [0.3, 0.4) is 0 Å². The molecule has 2 N–H and O–H groups in total. The molecule has 2 fully saturated rings. The lowest BCUT2D eigenvalue weighted by molar-refractivity contribution is -0.137. The zero-order chi connectivity index (χ0) is 14.3. The predicted octanol–water partition coefficient (Wildman–Crippen LogP) is 2.87. The minimum Gasteiger partial charge on any atom is -0.327 e. The van der Waals surface area contributed by atoms with Gasteiger partial charge in [0.15, 0.2) is 0 Å². The molecule has 1 aliphatic heterocycles. The summed E-state index contributed by atoms with van der Waals surface area (Å²) in [4.78, 5) is 2.24. The average Bonchev–Trinajstić information content (AvgIpc) is 2.91. The Morgan fingerprint density at radius 1 is 1.20 bits per heavy atom. The molecule has 0 unspecified atom stereocenters. The summed E-state index contributed by atoms with van der Waals surface area (Å²) in [6, 6.07) is 5.91. The molecule has 1 aliphatic carbocycles. The molecule has 3 atom stereocenters. The van der Waals surface area contributed by atoms with Crippen LogP contribution in [0, 0.1) is 11.8 Å². The Morgan fingerprint density at radius 3 is 2.70 bits per heavy atom. The minimum atomic E-state index is -4.26. The van der Waals surface area contributed by atoms with E-state index in [4.69, 9.17) is 5.73 Å². The highest BCUT2D eigenvalue weighted by Gasteiger charge is 2.40. The molecular formula is C15H19F3N2. The summed E-state index contributed by atoms with van der Waals surface area (Å²) < 4.78 is 38.1. The summed E-state index contributed by atoms with van der Waals surface area (Å²) in [5.41, 5.74) is 6.25. The maximum Gasteiger partial charge on any atom is 0.416 e. The van der Waals surface area contributed by atoms with Crippen LogP contribution in [-0.2, 0) is 12.7 Å². The number of benzene rings is 1. The summed E-state index contributed by atoms with van der Waals surface area (Å²) in [7, 11) is 0. The Balaban J connectivity index is 1.67. The lowest BCUT2D eigenvalue weighted by atomic mass is 9.98. The quantitative estimate of drug-likeness (QED) is 0.905. The molecular weight excluding hydrogens is 265 g/mol. The topological polar surface area (TPSA) is 29.3 Å². The van der Waals surface area contributed by atoms with Crippen molar-refractivity contribution in [1.82, 2.24) is 4.90 Å². The highest BCUT2D eigenvalue weighted by Crippen LogP contribution is 2.38. The molecule has 1 aromatic rings. The number of alkyl halides is 3. The Hall–Kier alpha value is -1.07. The molecule has 0 radical (unpaired) electrons. The summed E-state index contributed by atoms with van der Waals surface area (Å²) >= 11 is 0. The Morgan fingerprint density at radius 2 is 2.00 bits per heavy atom. The van der Waals surface area contributed by atoms with E-state index in [1.807, 2.05) is 0 Å². The van der Waals surface area contributed by atoms with Crippen molar-refractivity contribution >= 4 is 0 Å². The first-order valence-corrected chi connectivity index (χ1v) is 7.07. The minimum absolute atomic E-state index is 0.270. The van der Waals surface area contributed by atoms with Gasteiger partial charge in [-0.1, -0.05) is 18.2 Å². The molecule has 0 aromatic heterocycles. The molecule has 20 heavy (non-hydrogen) atoms. The van der Waals surface area contributed by atoms with Crippen LogP contribution < -0.4 is 5.73 Å². The van der Waals surface area contributed by atoms with Crippen LogP contribution in [-0.4, -0.2) is 24.0 Å². The first-order valence-electron chi connectivity index (χ1n) is 7.07. The van der Waals surface area contributed by atoms with Gasteiger partial charge in [0.1, 0.15) is 0 Å². The number of likely N-dealkylation sites (tertiary alicyclic amines) is 1. The van der Waals surface area contributed by atoms with Crippen LogP contribution in [0.2, 0.25) is 0 Å². The molecule has 0 spiro atoms. The zero-order valence-corrected chi connectivity index (χ0v) is 11.2. The molecule has 1 aromatic carbocycles. The van der Waals surface area contributed by atoms with Gasteiger partial charge in [-0.15, -0.1) is 0 Å². The third-order valence-electron chi connectivity index (χ3n) is 4.65. The smallest absolute Gasteiger partial charge is 0.327 e. The largest absolute Gasteiger partial charge is 0.416 e. The maximum atomic E-state index is 12.7. The van der Waals surface area contributed by atoms with Gasteiger partial charge in [0.05, 0.1) is 5.56 Å². The van der Waals surface area contributed by atoms with E-state index in [0.717, 1.165) is 37.6 Å². The highest BCUT2D eigenvalue weighted by molar-refractivity contribution is 5.25. The molecule has 110 valence electrons. The number of hydrogen-bond donors (Lipinski definition) is 1. The summed E-state index contributed by atoms with van der Waals surface area (Å²) in [5.74, 6) is 1.16. The van der Waals surface area contributed by atoms with Crippen molar-refractivity contribution in [3.63, 3.8) is 0 Å². The van der Waals surface area contributed by atoms with Gasteiger partial charge >= 0.3 is 6.18 Å². The second-order valence-electron chi connectivity index (χ2n) is 6.06. The van der Waals surface area contributed by atoms with Gasteiger partial charge in [0, 0.05) is 25.7 Å². The summed E-state index contributed by atoms with van der Waals surface area (Å²) in [6.07, 6.45) is -2.02. The van der Waals surface area contributed by atoms with Gasteiger partial charge in [-0.3, -0.25) is 4.90 Å². The van der Waals surface area contributed by atoms with Crippen LogP contribution in [0.1, 0.15) is 24.0 Å². The molecule has 2 aliphatic rings. The van der Waals surface area contributed by atoms with Crippen LogP contribution in [0.25, 0.3) is 0 Å². The number of nitrogens with two attached hydrogens (primary N) is 1. The van der Waals surface area contributed by atoms with Crippen molar-refractivity contribution in [3.05, 3.63) is 35.4 Å². The van der Waals surface area contributed by atoms with Gasteiger partial charge in [-0.2, -0.15) is 13.2 Å². The lowest BCUT2D eigenvalue weighted by Crippen LogP contribution is -2.30. The molecule has 1 saturated heterocycles. The number of fused-ring (bicyclic) bond motifs is 1. The highest BCUT2D eigenvalue weighted by atomic mass is 19.4. The van der Waals surface area contributed by atoms with E-state index in [2.05, 4.69) is 4.90 Å². The third kappa shape index (κ3) is 2.69. The standard InChI is InChI=1S/C15H19F3N2/c16-15(17,18)12-3-1-2-10(6-12)7-20-8-11-4-5-14(19)13(11)9-20/h1-3,6,11,13-14H,4-5,7-9,19H2/t11-,13+,14-/m1/s1. The van der Waals surface area contributed by atoms with Gasteiger partial charge in [-0.25, -0.2) is 0 Å². The second kappa shape index (κ2) is 5.04. The fraction of sp³-hybridized carbons (Fsp3) is 0.600. The molecule has 0 bridgehead atoms. The summed E-state index contributed by atoms with van der Waals surface area (Å²) in [6.45, 7) is 2.47. The predicted molar refractivity (Wildman–Crippen MR) is 70.9 cm³/mol. The van der Waals surface area contributed by atoms with Crippen molar-refractivity contribution in [2.45, 2.75) is 31.6 Å². The van der Waals surface area contributed by atoms with E-state index in [9.17, 15) is 13.2 Å². The fourth-order valence-electron chi connectivity index (χ4n) is 3.63. The fourth-order valence-corrected chi connectivity index (χ4v) is 3.63. The summed E-state index contributed by atoms with van der Waals surface area (Å²) in [5, 5.41) is 0. The van der Waals surface area contributed by atoms with E-state index in [1.165, 1.54) is 12.1 Å². The molecule has 2 nitrogen and oxygen atoms in total. The van der Waals surface area contributed by atoms with Crippen LogP contribution in [0.4, 0.5) is 13.2 Å². The van der Waals surface area contributed by atoms with E-state index < -0.39 is 11.7 Å². The van der Waals surface area contributed by atoms with Gasteiger partial charge in [0.2, 0.25) is 0 Å². The van der Waals surface area contributed by atoms with Crippen molar-refractivity contribution in [3.8, 4) is 0 Å². The van der Waals surface area contributed by atoms with Gasteiger partial charge < -0.3 is 5.73 Å². The maximum absolute atomic E-state index is 12.7. The molecule has 1 saturated carbocycles. The molecule has 1 heterocycles. The first kappa shape index (κ1) is 13.9. The SMILES string of the molecule is N[C@@H]1CC[C@@H]2CN(Cc3cccc(C(F)(F)F)c3)C[C@@H]21. The van der Waals surface area contributed by atoms with Crippen LogP contribution in [0.15, 0.2) is 24.3 Å². The Labute approximate surface area is 116 Å².